The van der Waals surface area contributed by atoms with Crippen molar-refractivity contribution < 1.29 is 4.79 Å². The van der Waals surface area contributed by atoms with Gasteiger partial charge in [-0.15, -0.1) is 21.5 Å². The van der Waals surface area contributed by atoms with E-state index in [0.29, 0.717) is 11.0 Å². The number of carbonyl (C=O) groups is 1. The number of rotatable bonds is 5. The van der Waals surface area contributed by atoms with Gasteiger partial charge in [-0.2, -0.15) is 0 Å². The maximum atomic E-state index is 12.0. The molecule has 0 aliphatic heterocycles. The van der Waals surface area contributed by atoms with Crippen LogP contribution in [0.15, 0.2) is 15.2 Å². The zero-order valence-corrected chi connectivity index (χ0v) is 12.6. The van der Waals surface area contributed by atoms with Gasteiger partial charge in [0.2, 0.25) is 5.91 Å². The molecule has 2 aromatic heterocycles. The van der Waals surface area contributed by atoms with E-state index in [9.17, 15) is 4.79 Å². The molecule has 0 spiro atoms. The van der Waals surface area contributed by atoms with Crippen molar-refractivity contribution in [1.82, 2.24) is 15.2 Å². The first kappa shape index (κ1) is 13.0. The van der Waals surface area contributed by atoms with Crippen molar-refractivity contribution in [2.75, 3.05) is 5.32 Å². The molecule has 2 heterocycles. The molecule has 5 nitrogen and oxygen atoms in total. The van der Waals surface area contributed by atoms with Crippen LogP contribution >= 0.6 is 34.4 Å². The normalized spacial score (nSPS) is 16.3. The molecule has 1 saturated carbocycles. The molecule has 1 atom stereocenters. The average molecular weight is 312 g/mol. The van der Waals surface area contributed by atoms with Crippen molar-refractivity contribution in [2.24, 2.45) is 0 Å². The molecule has 19 heavy (non-hydrogen) atoms. The summed E-state index contributed by atoms with van der Waals surface area (Å²) in [5.74, 6) is 0.576. The van der Waals surface area contributed by atoms with Gasteiger partial charge >= 0.3 is 0 Å². The van der Waals surface area contributed by atoms with E-state index in [2.05, 4.69) is 20.5 Å². The van der Waals surface area contributed by atoms with Crippen LogP contribution in [0, 0.1) is 0 Å². The second-order valence-electron chi connectivity index (χ2n) is 4.31. The number of hydrogen-bond donors (Lipinski definition) is 1. The minimum atomic E-state index is -0.207. The smallest absolute Gasteiger partial charge is 0.239 e. The standard InChI is InChI=1S/C11H12N4OS3/c1-6(19-11-15-12-5-18-11)9(16)14-10-13-8(4-17-10)7-2-3-7/h4-7H,2-3H2,1H3,(H,13,14,16)/t6-/m1/s1. The monoisotopic (exact) mass is 312 g/mol. The Kier molecular flexibility index (Phi) is 3.81. The SMILES string of the molecule is C[C@@H](Sc1nncs1)C(=O)Nc1nc(C2CC2)cs1. The van der Waals surface area contributed by atoms with Gasteiger partial charge in [-0.25, -0.2) is 4.98 Å². The van der Waals surface area contributed by atoms with Crippen LogP contribution in [0.1, 0.15) is 31.4 Å². The summed E-state index contributed by atoms with van der Waals surface area (Å²) in [7, 11) is 0. The predicted molar refractivity (Wildman–Crippen MR) is 77.9 cm³/mol. The van der Waals surface area contributed by atoms with E-state index in [1.807, 2.05) is 12.3 Å². The third kappa shape index (κ3) is 3.31. The number of anilines is 1. The molecule has 2 aromatic rings. The molecule has 0 saturated heterocycles. The Morgan fingerprint density at radius 1 is 1.53 bits per heavy atom. The van der Waals surface area contributed by atoms with E-state index in [1.165, 1.54) is 47.3 Å². The first-order chi connectivity index (χ1) is 9.22. The van der Waals surface area contributed by atoms with Gasteiger partial charge in [0.1, 0.15) is 5.51 Å². The van der Waals surface area contributed by atoms with Gasteiger partial charge in [0.15, 0.2) is 9.47 Å². The highest BCUT2D eigenvalue weighted by atomic mass is 32.2. The number of aromatic nitrogens is 3. The zero-order valence-electron chi connectivity index (χ0n) is 10.2. The van der Waals surface area contributed by atoms with E-state index >= 15 is 0 Å². The molecular weight excluding hydrogens is 300 g/mol. The number of amides is 1. The van der Waals surface area contributed by atoms with Crippen LogP contribution in [0.5, 0.6) is 0 Å². The summed E-state index contributed by atoms with van der Waals surface area (Å²) in [6.07, 6.45) is 2.45. The Hall–Kier alpha value is -0.990. The zero-order chi connectivity index (χ0) is 13.2. The Morgan fingerprint density at radius 2 is 2.37 bits per heavy atom. The Morgan fingerprint density at radius 3 is 3.05 bits per heavy atom. The quantitative estimate of drug-likeness (QED) is 0.860. The summed E-state index contributed by atoms with van der Waals surface area (Å²) in [5.41, 5.74) is 2.78. The Balaban J connectivity index is 1.57. The molecule has 0 aromatic carbocycles. The summed E-state index contributed by atoms with van der Waals surface area (Å²) >= 11 is 4.35. The lowest BCUT2D eigenvalue weighted by Gasteiger charge is -2.07. The molecule has 1 N–H and O–H groups in total. The van der Waals surface area contributed by atoms with Gasteiger partial charge in [0.05, 0.1) is 10.9 Å². The van der Waals surface area contributed by atoms with E-state index in [1.54, 1.807) is 5.51 Å². The first-order valence-electron chi connectivity index (χ1n) is 5.91. The number of thioether (sulfide) groups is 1. The van der Waals surface area contributed by atoms with Crippen molar-refractivity contribution in [3.63, 3.8) is 0 Å². The van der Waals surface area contributed by atoms with E-state index < -0.39 is 0 Å². The predicted octanol–water partition coefficient (Wildman–Crippen LogP) is 2.99. The van der Waals surface area contributed by atoms with Crippen LogP contribution in [0.3, 0.4) is 0 Å². The highest BCUT2D eigenvalue weighted by Crippen LogP contribution is 2.40. The maximum absolute atomic E-state index is 12.0. The van der Waals surface area contributed by atoms with Crippen molar-refractivity contribution >= 4 is 45.5 Å². The minimum Gasteiger partial charge on any atom is -0.301 e. The summed E-state index contributed by atoms with van der Waals surface area (Å²) in [6.45, 7) is 1.86. The topological polar surface area (TPSA) is 67.8 Å². The summed E-state index contributed by atoms with van der Waals surface area (Å²) in [5, 5.41) is 13.1. The van der Waals surface area contributed by atoms with E-state index in [-0.39, 0.29) is 11.2 Å². The second kappa shape index (κ2) is 5.56. The van der Waals surface area contributed by atoms with Gasteiger partial charge in [0, 0.05) is 11.3 Å². The Bertz CT molecular complexity index is 564. The van der Waals surface area contributed by atoms with Gasteiger partial charge in [-0.05, 0) is 19.8 Å². The van der Waals surface area contributed by atoms with Crippen molar-refractivity contribution in [3.05, 3.63) is 16.6 Å². The summed E-state index contributed by atoms with van der Waals surface area (Å²) in [6, 6.07) is 0. The highest BCUT2D eigenvalue weighted by molar-refractivity contribution is 8.02. The van der Waals surface area contributed by atoms with Gasteiger partial charge in [0.25, 0.3) is 0 Å². The molecule has 0 bridgehead atoms. The van der Waals surface area contributed by atoms with Gasteiger partial charge in [-0.1, -0.05) is 23.1 Å². The number of hydrogen-bond acceptors (Lipinski definition) is 7. The summed E-state index contributed by atoms with van der Waals surface area (Å²) < 4.78 is 0.806. The molecule has 1 aliphatic rings. The minimum absolute atomic E-state index is 0.0445. The number of nitrogens with one attached hydrogen (secondary N) is 1. The van der Waals surface area contributed by atoms with Crippen LogP contribution in [0.4, 0.5) is 5.13 Å². The molecule has 3 rings (SSSR count). The van der Waals surface area contributed by atoms with Crippen LogP contribution in [-0.4, -0.2) is 26.3 Å². The molecule has 8 heteroatoms. The van der Waals surface area contributed by atoms with Crippen molar-refractivity contribution in [1.29, 1.82) is 0 Å². The van der Waals surface area contributed by atoms with Crippen LogP contribution in [-0.2, 0) is 4.79 Å². The highest BCUT2D eigenvalue weighted by Gasteiger charge is 2.26. The summed E-state index contributed by atoms with van der Waals surface area (Å²) in [4.78, 5) is 16.5. The van der Waals surface area contributed by atoms with E-state index in [4.69, 9.17) is 0 Å². The molecule has 0 unspecified atom stereocenters. The van der Waals surface area contributed by atoms with Crippen molar-refractivity contribution in [3.8, 4) is 0 Å². The Labute approximate surface area is 122 Å². The fourth-order valence-electron chi connectivity index (χ4n) is 1.54. The molecule has 0 radical (unpaired) electrons. The van der Waals surface area contributed by atoms with Crippen LogP contribution in [0.25, 0.3) is 0 Å². The fraction of sp³-hybridized carbons (Fsp3) is 0.455. The lowest BCUT2D eigenvalue weighted by molar-refractivity contribution is -0.115. The first-order valence-corrected chi connectivity index (χ1v) is 8.55. The van der Waals surface area contributed by atoms with E-state index in [0.717, 1.165) is 10.0 Å². The largest absolute Gasteiger partial charge is 0.301 e. The third-order valence-corrected chi connectivity index (χ3v) is 5.42. The van der Waals surface area contributed by atoms with Gasteiger partial charge < -0.3 is 5.32 Å². The van der Waals surface area contributed by atoms with Crippen LogP contribution < -0.4 is 5.32 Å². The molecule has 100 valence electrons. The average Bonchev–Trinajstić information content (AvgIpc) is 2.92. The molecule has 1 fully saturated rings. The van der Waals surface area contributed by atoms with Crippen molar-refractivity contribution in [2.45, 2.75) is 35.3 Å². The lowest BCUT2D eigenvalue weighted by Crippen LogP contribution is -2.22. The van der Waals surface area contributed by atoms with Gasteiger partial charge in [-0.3, -0.25) is 4.79 Å². The number of carbonyl (C=O) groups excluding carboxylic acids is 1. The fourth-order valence-corrected chi connectivity index (χ4v) is 3.96. The number of thiazole rings is 1. The molecular formula is C11H12N4OS3. The maximum Gasteiger partial charge on any atom is 0.239 e. The number of nitrogens with zero attached hydrogens (tertiary/aromatic N) is 3. The third-order valence-electron chi connectivity index (χ3n) is 2.73. The second-order valence-corrected chi connectivity index (χ2v) is 7.59. The molecule has 1 aliphatic carbocycles. The van der Waals surface area contributed by atoms with Crippen LogP contribution in [0.2, 0.25) is 0 Å². The lowest BCUT2D eigenvalue weighted by atomic mass is 10.3. The molecule has 1 amide bonds.